The van der Waals surface area contributed by atoms with Crippen molar-refractivity contribution >= 4 is 17.9 Å². The van der Waals surface area contributed by atoms with Crippen LogP contribution in [0.1, 0.15) is 26.2 Å². The summed E-state index contributed by atoms with van der Waals surface area (Å²) in [6.07, 6.45) is -2.85. The van der Waals surface area contributed by atoms with Gasteiger partial charge in [-0.3, -0.25) is 14.4 Å². The summed E-state index contributed by atoms with van der Waals surface area (Å²) in [4.78, 5) is 32.2. The first-order chi connectivity index (χ1) is 8.81. The smallest absolute Gasteiger partial charge is 0.308 e. The highest BCUT2D eigenvalue weighted by Crippen LogP contribution is 1.97. The lowest BCUT2D eigenvalue weighted by atomic mass is 10.3. The van der Waals surface area contributed by atoms with E-state index in [1.807, 2.05) is 0 Å². The van der Waals surface area contributed by atoms with E-state index in [1.165, 1.54) is 6.92 Å². The number of carbonyl (C=O) groups is 3. The number of rotatable bonds is 9. The molecule has 0 saturated carbocycles. The van der Waals surface area contributed by atoms with Gasteiger partial charge in [-0.25, -0.2) is 0 Å². The van der Waals surface area contributed by atoms with Crippen molar-refractivity contribution in [2.45, 2.75) is 38.4 Å². The Balaban J connectivity index is 3.69. The fourth-order valence-corrected chi connectivity index (χ4v) is 1.01. The number of hydrogen-bond donors (Lipinski definition) is 3. The van der Waals surface area contributed by atoms with Crippen molar-refractivity contribution in [2.75, 3.05) is 13.2 Å². The minimum absolute atomic E-state index is 0.189. The van der Waals surface area contributed by atoms with E-state index in [9.17, 15) is 19.5 Å². The maximum absolute atomic E-state index is 11.0. The van der Waals surface area contributed by atoms with Crippen LogP contribution in [0.5, 0.6) is 0 Å². The molecule has 19 heavy (non-hydrogen) atoms. The average Bonchev–Trinajstić information content (AvgIpc) is 2.30. The molecule has 8 nitrogen and oxygen atoms in total. The summed E-state index contributed by atoms with van der Waals surface area (Å²) >= 11 is 0. The molecule has 0 amide bonds. The molecule has 0 aromatic rings. The quantitative estimate of drug-likeness (QED) is 0.461. The Morgan fingerprint density at radius 2 is 1.53 bits per heavy atom. The fraction of sp³-hybridized carbons (Fsp3) is 0.727. The normalized spacial score (nSPS) is 13.4. The van der Waals surface area contributed by atoms with Crippen LogP contribution in [-0.4, -0.2) is 58.6 Å². The predicted octanol–water partition coefficient (Wildman–Crippen LogP) is -0.931. The van der Waals surface area contributed by atoms with E-state index in [1.54, 1.807) is 0 Å². The van der Waals surface area contributed by atoms with Gasteiger partial charge in [0, 0.05) is 0 Å². The van der Waals surface area contributed by atoms with Crippen LogP contribution in [0.15, 0.2) is 0 Å². The van der Waals surface area contributed by atoms with E-state index >= 15 is 0 Å². The lowest BCUT2D eigenvalue weighted by molar-refractivity contribution is -0.154. The van der Waals surface area contributed by atoms with E-state index in [0.29, 0.717) is 0 Å². The summed E-state index contributed by atoms with van der Waals surface area (Å²) in [5, 5.41) is 26.5. The third-order valence-electron chi connectivity index (χ3n) is 1.88. The largest absolute Gasteiger partial charge is 0.481 e. The Labute approximate surface area is 109 Å². The Morgan fingerprint density at radius 1 is 1.00 bits per heavy atom. The molecule has 3 N–H and O–H groups in total. The summed E-state index contributed by atoms with van der Waals surface area (Å²) < 4.78 is 9.19. The Hall–Kier alpha value is -1.67. The molecular formula is C11H18O8. The van der Waals surface area contributed by atoms with Crippen LogP contribution in [0.3, 0.4) is 0 Å². The summed E-state index contributed by atoms with van der Waals surface area (Å²) in [7, 11) is 0. The summed E-state index contributed by atoms with van der Waals surface area (Å²) in [5.74, 6) is -2.55. The average molecular weight is 278 g/mol. The molecule has 0 aliphatic heterocycles. The Morgan fingerprint density at radius 3 is 2.00 bits per heavy atom. The Bertz CT molecular complexity index is 312. The molecule has 0 aromatic carbocycles. The second-order valence-corrected chi connectivity index (χ2v) is 3.97. The molecule has 110 valence electrons. The molecular weight excluding hydrogens is 260 g/mol. The van der Waals surface area contributed by atoms with Crippen LogP contribution in [-0.2, 0) is 23.9 Å². The lowest BCUT2D eigenvalue weighted by Gasteiger charge is -2.12. The third kappa shape index (κ3) is 11.2. The monoisotopic (exact) mass is 278 g/mol. The molecule has 2 atom stereocenters. The molecule has 0 bridgehead atoms. The van der Waals surface area contributed by atoms with Gasteiger partial charge in [-0.2, -0.15) is 0 Å². The van der Waals surface area contributed by atoms with Gasteiger partial charge in [0.05, 0.1) is 25.4 Å². The van der Waals surface area contributed by atoms with Gasteiger partial charge in [0.2, 0.25) is 0 Å². The second kappa shape index (κ2) is 9.29. The van der Waals surface area contributed by atoms with Gasteiger partial charge in [0.25, 0.3) is 0 Å². The van der Waals surface area contributed by atoms with E-state index in [-0.39, 0.29) is 32.5 Å². The number of carbonyl (C=O) groups excluding carboxylic acids is 2. The number of aliphatic hydroxyl groups is 2. The zero-order valence-electron chi connectivity index (χ0n) is 10.6. The Kier molecular flexibility index (Phi) is 8.47. The molecule has 0 aliphatic carbocycles. The van der Waals surface area contributed by atoms with E-state index < -0.39 is 30.1 Å². The molecule has 0 rings (SSSR count). The van der Waals surface area contributed by atoms with Gasteiger partial charge in [-0.15, -0.1) is 0 Å². The van der Waals surface area contributed by atoms with Crippen LogP contribution in [0, 0.1) is 0 Å². The number of esters is 2. The van der Waals surface area contributed by atoms with Gasteiger partial charge in [-0.05, 0) is 6.92 Å². The van der Waals surface area contributed by atoms with Crippen LogP contribution < -0.4 is 0 Å². The summed E-state index contributed by atoms with van der Waals surface area (Å²) in [6, 6.07) is 0. The van der Waals surface area contributed by atoms with Crippen molar-refractivity contribution in [3.8, 4) is 0 Å². The van der Waals surface area contributed by atoms with Crippen molar-refractivity contribution in [3.63, 3.8) is 0 Å². The molecule has 0 fully saturated rings. The fourth-order valence-electron chi connectivity index (χ4n) is 1.01. The van der Waals surface area contributed by atoms with Gasteiger partial charge in [0.1, 0.15) is 19.3 Å². The molecule has 0 spiro atoms. The van der Waals surface area contributed by atoms with E-state index in [2.05, 4.69) is 9.47 Å². The topological polar surface area (TPSA) is 130 Å². The van der Waals surface area contributed by atoms with Gasteiger partial charge < -0.3 is 24.8 Å². The number of aliphatic carboxylic acids is 1. The molecule has 8 heteroatoms. The highest BCUT2D eigenvalue weighted by Gasteiger charge is 2.13. The van der Waals surface area contributed by atoms with Crippen molar-refractivity contribution in [3.05, 3.63) is 0 Å². The highest BCUT2D eigenvalue weighted by molar-refractivity contribution is 5.76. The van der Waals surface area contributed by atoms with Crippen molar-refractivity contribution in [1.29, 1.82) is 0 Å². The second-order valence-electron chi connectivity index (χ2n) is 3.97. The lowest BCUT2D eigenvalue weighted by Crippen LogP contribution is -2.26. The number of ether oxygens (including phenoxy) is 2. The van der Waals surface area contributed by atoms with Crippen molar-refractivity contribution in [1.82, 2.24) is 0 Å². The first kappa shape index (κ1) is 17.3. The molecule has 0 radical (unpaired) electrons. The van der Waals surface area contributed by atoms with Gasteiger partial charge in [0.15, 0.2) is 0 Å². The van der Waals surface area contributed by atoms with Crippen LogP contribution in [0.2, 0.25) is 0 Å². The molecule has 1 unspecified atom stereocenters. The first-order valence-corrected chi connectivity index (χ1v) is 5.70. The molecule has 0 aromatic heterocycles. The zero-order chi connectivity index (χ0) is 14.8. The molecule has 0 saturated heterocycles. The SMILES string of the molecule is C[C@@H](O)CC(=O)OCC(O)COC(=O)CCC(=O)O. The number of aliphatic hydroxyl groups excluding tert-OH is 2. The van der Waals surface area contributed by atoms with Crippen LogP contribution in [0.25, 0.3) is 0 Å². The first-order valence-electron chi connectivity index (χ1n) is 5.70. The highest BCUT2D eigenvalue weighted by atomic mass is 16.6. The number of carboxylic acids is 1. The van der Waals surface area contributed by atoms with Crippen molar-refractivity contribution < 1.29 is 39.2 Å². The minimum Gasteiger partial charge on any atom is -0.481 e. The summed E-state index contributed by atoms with van der Waals surface area (Å²) in [5.41, 5.74) is 0. The number of carboxylic acid groups (broad SMARTS) is 1. The van der Waals surface area contributed by atoms with Gasteiger partial charge in [-0.1, -0.05) is 0 Å². The molecule has 0 aliphatic rings. The number of hydrogen-bond acceptors (Lipinski definition) is 7. The van der Waals surface area contributed by atoms with Crippen LogP contribution >= 0.6 is 0 Å². The maximum Gasteiger partial charge on any atom is 0.308 e. The predicted molar refractivity (Wildman–Crippen MR) is 61.1 cm³/mol. The van der Waals surface area contributed by atoms with E-state index in [0.717, 1.165) is 0 Å². The van der Waals surface area contributed by atoms with Gasteiger partial charge >= 0.3 is 17.9 Å². The van der Waals surface area contributed by atoms with Crippen molar-refractivity contribution in [2.24, 2.45) is 0 Å². The van der Waals surface area contributed by atoms with Crippen LogP contribution in [0.4, 0.5) is 0 Å². The van der Waals surface area contributed by atoms with E-state index in [4.69, 9.17) is 10.2 Å². The molecule has 0 heterocycles. The summed E-state index contributed by atoms with van der Waals surface area (Å²) in [6.45, 7) is 0.667. The minimum atomic E-state index is -1.19. The standard InChI is InChI=1S/C11H18O8/c1-7(12)4-11(17)19-6-8(13)5-18-10(16)3-2-9(14)15/h7-8,12-13H,2-6H2,1H3,(H,14,15)/t7-,8?/m1/s1. The third-order valence-corrected chi connectivity index (χ3v) is 1.88. The maximum atomic E-state index is 11.0. The zero-order valence-corrected chi connectivity index (χ0v) is 10.6.